The van der Waals surface area contributed by atoms with Gasteiger partial charge in [-0.2, -0.15) is 0 Å². The minimum absolute atomic E-state index is 0.0107. The molecule has 1 aromatic carbocycles. The lowest BCUT2D eigenvalue weighted by molar-refractivity contribution is -0.148. The molecule has 3 N–H and O–H groups in total. The lowest BCUT2D eigenvalue weighted by Gasteiger charge is -2.41. The van der Waals surface area contributed by atoms with Crippen molar-refractivity contribution in [2.45, 2.75) is 149 Å². The van der Waals surface area contributed by atoms with Gasteiger partial charge < -0.3 is 40.1 Å². The highest BCUT2D eigenvalue weighted by Gasteiger charge is 2.43. The number of methoxy groups -OCH3 is 2. The monoisotopic (exact) mass is 858 g/mol. The number of nitrogens with zero attached hydrogens (tertiary/aromatic N) is 4. The number of hydrogen-bond donors (Lipinski definition) is 3. The molecule has 0 saturated carbocycles. The van der Waals surface area contributed by atoms with Crippen LogP contribution in [0.5, 0.6) is 0 Å². The topological polar surface area (TPSA) is 153 Å². The molecule has 14 nitrogen and oxygen atoms in total. The van der Waals surface area contributed by atoms with Crippen molar-refractivity contribution < 1.29 is 33.4 Å². The maximum atomic E-state index is 14.5. The molecule has 1 aliphatic heterocycles. The lowest BCUT2D eigenvalue weighted by atomic mass is 9.89. The number of carbonyl (C=O) groups is 5. The molecule has 1 unspecified atom stereocenters. The molecule has 1 saturated heterocycles. The van der Waals surface area contributed by atoms with Gasteiger partial charge in [0.25, 0.3) is 0 Å². The van der Waals surface area contributed by atoms with Crippen molar-refractivity contribution >= 4 is 29.5 Å². The van der Waals surface area contributed by atoms with E-state index in [0.717, 1.165) is 24.8 Å². The number of ether oxygens (including phenoxy) is 2. The van der Waals surface area contributed by atoms with E-state index in [1.54, 1.807) is 38.0 Å². The molecule has 0 spiro atoms. The first-order chi connectivity index (χ1) is 28.7. The van der Waals surface area contributed by atoms with E-state index in [9.17, 15) is 24.0 Å². The fraction of sp³-hybridized carbons (Fsp3) is 0.766. The van der Waals surface area contributed by atoms with Gasteiger partial charge in [-0.1, -0.05) is 92.1 Å². The Morgan fingerprint density at radius 2 is 1.46 bits per heavy atom. The Hall–Kier alpha value is -3.59. The van der Waals surface area contributed by atoms with Crippen LogP contribution in [0, 0.1) is 23.7 Å². The normalized spacial score (nSPS) is 18.9. The smallest absolute Gasteiger partial charge is 0.245 e. The summed E-state index contributed by atoms with van der Waals surface area (Å²) in [4.78, 5) is 77.7. The van der Waals surface area contributed by atoms with Gasteiger partial charge in [-0.25, -0.2) is 0 Å². The number of likely N-dealkylation sites (tertiary alicyclic amines) is 1. The first kappa shape index (κ1) is 53.5. The molecule has 1 fully saturated rings. The summed E-state index contributed by atoms with van der Waals surface area (Å²) in [5.41, 5.74) is 0.920. The quantitative estimate of drug-likeness (QED) is 0.125. The highest BCUT2D eigenvalue weighted by molar-refractivity contribution is 5.91. The molecule has 348 valence electrons. The minimum Gasteiger partial charge on any atom is -0.379 e. The third-order valence-corrected chi connectivity index (χ3v) is 12.9. The molecule has 0 radical (unpaired) electrons. The summed E-state index contributed by atoms with van der Waals surface area (Å²) in [6, 6.07) is 6.92. The van der Waals surface area contributed by atoms with Crippen LogP contribution >= 0.6 is 0 Å². The number of hydrogen-bond acceptors (Lipinski definition) is 9. The van der Waals surface area contributed by atoms with Gasteiger partial charge in [-0.05, 0) is 70.6 Å². The van der Waals surface area contributed by atoms with Crippen molar-refractivity contribution in [1.29, 1.82) is 0 Å². The van der Waals surface area contributed by atoms with Crippen LogP contribution in [0.4, 0.5) is 0 Å². The van der Waals surface area contributed by atoms with Gasteiger partial charge in [0.05, 0.1) is 42.7 Å². The number of nitrogens with one attached hydrogen (secondary N) is 3. The Morgan fingerprint density at radius 3 is 1.98 bits per heavy atom. The maximum absolute atomic E-state index is 14.5. The summed E-state index contributed by atoms with van der Waals surface area (Å²) in [5, 5.41) is 9.08. The Kier molecular flexibility index (Phi) is 22.9. The SMILES string of the molecule is CCC(C)N(C)[C@H](C(=O)N[C@H](C(=O)N(C)[C@@H]([C@@H](C)CC)[C@@H](CC(=O)N1CCC[C@H]1[C@H](OC)[C@@H](C)C(=O)N[C@@H](Cc1ccccc1)C(=O)NCCN(C)C)OC)C(C)C)C(C)C. The molecule has 2 rings (SSSR count). The summed E-state index contributed by atoms with van der Waals surface area (Å²) in [6.45, 7) is 19.6. The molecule has 5 amide bonds. The second kappa shape index (κ2) is 26.1. The van der Waals surface area contributed by atoms with E-state index < -0.39 is 42.3 Å². The van der Waals surface area contributed by atoms with E-state index in [4.69, 9.17) is 9.47 Å². The maximum Gasteiger partial charge on any atom is 0.245 e. The zero-order valence-electron chi connectivity index (χ0n) is 40.3. The van der Waals surface area contributed by atoms with Crippen LogP contribution in [0.15, 0.2) is 30.3 Å². The molecule has 1 heterocycles. The van der Waals surface area contributed by atoms with Gasteiger partial charge in [0.2, 0.25) is 29.5 Å². The van der Waals surface area contributed by atoms with Gasteiger partial charge >= 0.3 is 0 Å². The van der Waals surface area contributed by atoms with Crippen LogP contribution in [-0.4, -0.2) is 160 Å². The third-order valence-electron chi connectivity index (χ3n) is 12.9. The van der Waals surface area contributed by atoms with Gasteiger partial charge in [0, 0.05) is 53.4 Å². The van der Waals surface area contributed by atoms with Crippen LogP contribution in [0.2, 0.25) is 0 Å². The van der Waals surface area contributed by atoms with Crippen molar-refractivity contribution in [2.75, 3.05) is 62.0 Å². The number of amides is 5. The highest BCUT2D eigenvalue weighted by Crippen LogP contribution is 2.30. The summed E-state index contributed by atoms with van der Waals surface area (Å²) in [7, 11) is 10.7. The van der Waals surface area contributed by atoms with Crippen LogP contribution in [0.25, 0.3) is 0 Å². The van der Waals surface area contributed by atoms with E-state index in [-0.39, 0.29) is 65.8 Å². The minimum atomic E-state index is -0.802. The second-order valence-corrected chi connectivity index (χ2v) is 18.3. The van der Waals surface area contributed by atoms with Crippen molar-refractivity contribution in [1.82, 2.24) is 35.6 Å². The zero-order valence-corrected chi connectivity index (χ0v) is 40.3. The summed E-state index contributed by atoms with van der Waals surface area (Å²) >= 11 is 0. The summed E-state index contributed by atoms with van der Waals surface area (Å²) in [5.74, 6) is -2.04. The highest BCUT2D eigenvalue weighted by atomic mass is 16.5. The molecule has 1 aromatic rings. The average Bonchev–Trinajstić information content (AvgIpc) is 3.71. The van der Waals surface area contributed by atoms with Gasteiger partial charge in [0.15, 0.2) is 0 Å². The van der Waals surface area contributed by atoms with Crippen molar-refractivity contribution in [3.05, 3.63) is 35.9 Å². The van der Waals surface area contributed by atoms with Gasteiger partial charge in [-0.3, -0.25) is 28.9 Å². The first-order valence-corrected chi connectivity index (χ1v) is 22.7. The van der Waals surface area contributed by atoms with Gasteiger partial charge in [0.1, 0.15) is 12.1 Å². The zero-order chi connectivity index (χ0) is 46.1. The average molecular weight is 858 g/mol. The molecule has 0 aliphatic carbocycles. The second-order valence-electron chi connectivity index (χ2n) is 18.3. The molecular formula is C47H83N7O7. The van der Waals surface area contributed by atoms with E-state index in [2.05, 4.69) is 41.6 Å². The Labute approximate surface area is 368 Å². The molecule has 1 aliphatic rings. The molecule has 0 bridgehead atoms. The third kappa shape index (κ3) is 15.3. The van der Waals surface area contributed by atoms with Crippen LogP contribution in [-0.2, 0) is 39.9 Å². The fourth-order valence-electron chi connectivity index (χ4n) is 8.69. The van der Waals surface area contributed by atoms with Crippen LogP contribution in [0.1, 0.15) is 100.0 Å². The molecular weight excluding hydrogens is 775 g/mol. The van der Waals surface area contributed by atoms with Crippen LogP contribution < -0.4 is 16.0 Å². The van der Waals surface area contributed by atoms with E-state index in [1.165, 1.54) is 0 Å². The molecule has 61 heavy (non-hydrogen) atoms. The Morgan fingerprint density at radius 1 is 0.820 bits per heavy atom. The molecule has 14 heteroatoms. The number of carbonyl (C=O) groups excluding carboxylic acids is 5. The Balaban J connectivity index is 2.31. The summed E-state index contributed by atoms with van der Waals surface area (Å²) in [6.07, 6.45) is 2.05. The van der Waals surface area contributed by atoms with Crippen molar-refractivity contribution in [3.63, 3.8) is 0 Å². The van der Waals surface area contributed by atoms with E-state index in [1.807, 2.05) is 91.0 Å². The number of rotatable bonds is 26. The van der Waals surface area contributed by atoms with E-state index in [0.29, 0.717) is 32.5 Å². The Bertz CT molecular complexity index is 1510. The molecule has 0 aromatic heterocycles. The predicted molar refractivity (Wildman–Crippen MR) is 243 cm³/mol. The standard InChI is InChI=1S/C47H83N7O7/c1-16-32(7)42(53(13)47(59)40(30(3)4)50-46(58)41(31(5)6)52(12)33(8)17-2)38(60-14)29-39(55)54-26-21-24-37(54)43(61-15)34(9)44(56)49-36(28-35-22-19-18-20-23-35)45(57)48-25-27-51(10)11/h18-20,22-23,30-34,36-38,40-43H,16-17,21,24-29H2,1-15H3,(H,48,57)(H,49,56)(H,50,58)/t32-,33?,34+,36-,37-,38+,40-,41-,42-,43+/m0/s1. The molecule has 10 atom stereocenters. The summed E-state index contributed by atoms with van der Waals surface area (Å²) < 4.78 is 12.1. The largest absolute Gasteiger partial charge is 0.379 e. The van der Waals surface area contributed by atoms with E-state index >= 15 is 0 Å². The van der Waals surface area contributed by atoms with Crippen molar-refractivity contribution in [2.24, 2.45) is 23.7 Å². The number of benzene rings is 1. The van der Waals surface area contributed by atoms with Crippen LogP contribution in [0.3, 0.4) is 0 Å². The first-order valence-electron chi connectivity index (χ1n) is 22.7. The number of likely N-dealkylation sites (N-methyl/N-ethyl adjacent to an activating group) is 3. The lowest BCUT2D eigenvalue weighted by Crippen LogP contribution is -2.60. The van der Waals surface area contributed by atoms with Crippen molar-refractivity contribution in [3.8, 4) is 0 Å². The fourth-order valence-corrected chi connectivity index (χ4v) is 8.69. The van der Waals surface area contributed by atoms with Gasteiger partial charge in [-0.15, -0.1) is 0 Å². The predicted octanol–water partition coefficient (Wildman–Crippen LogP) is 4.21.